The molecule has 260 valence electrons. The molecule has 0 bridgehead atoms. The van der Waals surface area contributed by atoms with E-state index in [1.165, 1.54) is 18.2 Å². The molecule has 1 atom stereocenters. The molecule has 1 saturated carbocycles. The van der Waals surface area contributed by atoms with Crippen molar-refractivity contribution in [2.75, 3.05) is 13.2 Å². The van der Waals surface area contributed by atoms with Crippen LogP contribution in [0.4, 0.5) is 31.1 Å². The Balaban J connectivity index is 1.55. The lowest BCUT2D eigenvalue weighted by Crippen LogP contribution is -2.54. The Morgan fingerprint density at radius 3 is 2.17 bits per heavy atom. The molecule has 3 amide bonds. The van der Waals surface area contributed by atoms with Crippen LogP contribution in [0.25, 0.3) is 0 Å². The fourth-order valence-corrected chi connectivity index (χ4v) is 6.56. The minimum absolute atomic E-state index is 0.000275. The lowest BCUT2D eigenvalue weighted by molar-refractivity contribution is -0.376. The fourth-order valence-electron chi connectivity index (χ4n) is 6.56. The number of aliphatic hydroxyl groups is 1. The van der Waals surface area contributed by atoms with Gasteiger partial charge in [0.1, 0.15) is 11.3 Å². The molecule has 4 rings (SSSR count). The molecule has 1 aliphatic carbocycles. The Hall–Kier alpha value is -3.68. The van der Waals surface area contributed by atoms with E-state index >= 15 is 0 Å². The van der Waals surface area contributed by atoms with Crippen molar-refractivity contribution in [1.29, 1.82) is 0 Å². The molecule has 0 radical (unpaired) electrons. The van der Waals surface area contributed by atoms with E-state index in [1.807, 2.05) is 0 Å². The first-order chi connectivity index (χ1) is 22.0. The van der Waals surface area contributed by atoms with E-state index in [9.17, 15) is 51.3 Å². The first-order valence-corrected chi connectivity index (χ1v) is 15.8. The topological polar surface area (TPSA) is 119 Å². The summed E-state index contributed by atoms with van der Waals surface area (Å²) in [7, 11) is 0. The molecule has 4 N–H and O–H groups in total. The second-order valence-corrected chi connectivity index (χ2v) is 12.2. The molecule has 1 saturated heterocycles. The number of nitrogens with zero attached hydrogens (tertiary/aromatic N) is 1. The number of ether oxygens (including phenoxy) is 1. The highest BCUT2D eigenvalue weighted by Gasteiger charge is 2.71. The van der Waals surface area contributed by atoms with Crippen LogP contribution in [-0.4, -0.2) is 57.7 Å². The number of phenolic OH excluding ortho intramolecular Hbond substituents is 2. The SMILES string of the molecule is CCCc1cc(C(O)(C(F)(F)F)C(F)(F)F)cc(C2CCCCC2)c1OCCCCN1C(=O)NC(CC)(c2ccc(O)c(O)c2)C1=O. The van der Waals surface area contributed by atoms with Gasteiger partial charge in [0.05, 0.1) is 6.61 Å². The number of carbonyl (C=O) groups excluding carboxylic acids is 2. The maximum Gasteiger partial charge on any atom is 0.430 e. The van der Waals surface area contributed by atoms with Crippen LogP contribution < -0.4 is 10.1 Å². The van der Waals surface area contributed by atoms with Crippen LogP contribution >= 0.6 is 0 Å². The van der Waals surface area contributed by atoms with Crippen LogP contribution in [0.2, 0.25) is 0 Å². The zero-order chi connectivity index (χ0) is 34.8. The predicted octanol–water partition coefficient (Wildman–Crippen LogP) is 7.43. The largest absolute Gasteiger partial charge is 0.504 e. The number of halogens is 6. The van der Waals surface area contributed by atoms with Gasteiger partial charge in [-0.25, -0.2) is 4.79 Å². The summed E-state index contributed by atoms with van der Waals surface area (Å²) in [5.74, 6) is -1.52. The highest BCUT2D eigenvalue weighted by atomic mass is 19.4. The third-order valence-electron chi connectivity index (χ3n) is 9.19. The number of urea groups is 1. The molecular weight excluding hydrogens is 634 g/mol. The smallest absolute Gasteiger partial charge is 0.430 e. The van der Waals surface area contributed by atoms with E-state index in [1.54, 1.807) is 13.8 Å². The highest BCUT2D eigenvalue weighted by Crippen LogP contribution is 2.52. The van der Waals surface area contributed by atoms with Crippen molar-refractivity contribution in [2.45, 2.75) is 107 Å². The molecular formula is C33H40F6N2O6. The average molecular weight is 675 g/mol. The van der Waals surface area contributed by atoms with Gasteiger partial charge in [-0.3, -0.25) is 9.69 Å². The predicted molar refractivity (Wildman–Crippen MR) is 159 cm³/mol. The van der Waals surface area contributed by atoms with Crippen molar-refractivity contribution in [3.05, 3.63) is 52.6 Å². The summed E-state index contributed by atoms with van der Waals surface area (Å²) < 4.78 is 89.3. The summed E-state index contributed by atoms with van der Waals surface area (Å²) in [5, 5.41) is 32.5. The number of phenols is 2. The standard InChI is InChI=1S/C33H40F6N2O6/c1-3-10-21-17-23(31(46,32(34,35)36)33(37,38)39)18-24(20-11-6-5-7-12-20)27(21)47-16-9-8-15-41-28(44)30(4-2,40-29(41)45)22-13-14-25(42)26(43)19-22/h13-14,17-20,42-43,46H,3-12,15-16H2,1-2H3,(H,40,45). The number of aromatic hydroxyl groups is 2. The molecule has 2 fully saturated rings. The quantitative estimate of drug-likeness (QED) is 0.0805. The molecule has 14 heteroatoms. The van der Waals surface area contributed by atoms with E-state index in [0.29, 0.717) is 31.2 Å². The Kier molecular flexibility index (Phi) is 10.6. The van der Waals surface area contributed by atoms with Gasteiger partial charge in [0, 0.05) is 12.1 Å². The van der Waals surface area contributed by atoms with Crippen molar-refractivity contribution in [2.24, 2.45) is 0 Å². The summed E-state index contributed by atoms with van der Waals surface area (Å²) in [4.78, 5) is 27.3. The van der Waals surface area contributed by atoms with Crippen LogP contribution in [-0.2, 0) is 22.4 Å². The second-order valence-electron chi connectivity index (χ2n) is 12.2. The van der Waals surface area contributed by atoms with E-state index in [-0.39, 0.29) is 61.0 Å². The van der Waals surface area contributed by atoms with Gasteiger partial charge in [0.25, 0.3) is 11.5 Å². The first kappa shape index (κ1) is 36.2. The monoisotopic (exact) mass is 674 g/mol. The van der Waals surface area contributed by atoms with Gasteiger partial charge in [-0.15, -0.1) is 0 Å². The first-order valence-electron chi connectivity index (χ1n) is 15.8. The molecule has 0 spiro atoms. The minimum Gasteiger partial charge on any atom is -0.504 e. The second kappa shape index (κ2) is 13.8. The molecule has 1 heterocycles. The summed E-state index contributed by atoms with van der Waals surface area (Å²) in [6, 6.07) is 4.75. The van der Waals surface area contributed by atoms with Crippen LogP contribution in [0.15, 0.2) is 30.3 Å². The van der Waals surface area contributed by atoms with Crippen molar-refractivity contribution < 1.29 is 56.0 Å². The van der Waals surface area contributed by atoms with Gasteiger partial charge >= 0.3 is 18.4 Å². The summed E-state index contributed by atoms with van der Waals surface area (Å²) in [6.45, 7) is 3.42. The number of nitrogens with one attached hydrogen (secondary N) is 1. The van der Waals surface area contributed by atoms with E-state index in [0.717, 1.165) is 36.3 Å². The maximum absolute atomic E-state index is 13.9. The van der Waals surface area contributed by atoms with Crippen molar-refractivity contribution in [3.63, 3.8) is 0 Å². The Morgan fingerprint density at radius 1 is 0.936 bits per heavy atom. The van der Waals surface area contributed by atoms with Crippen LogP contribution in [0, 0.1) is 0 Å². The van der Waals surface area contributed by atoms with Crippen molar-refractivity contribution in [1.82, 2.24) is 10.2 Å². The third-order valence-corrected chi connectivity index (χ3v) is 9.19. The van der Waals surface area contributed by atoms with Gasteiger partial charge in [0.2, 0.25) is 0 Å². The number of rotatable bonds is 12. The number of hydrogen-bond donors (Lipinski definition) is 4. The number of unbranched alkanes of at least 4 members (excludes halogenated alkanes) is 1. The summed E-state index contributed by atoms with van der Waals surface area (Å²) in [6.07, 6.45) is -7.31. The van der Waals surface area contributed by atoms with Crippen molar-refractivity contribution in [3.8, 4) is 17.2 Å². The normalized spacial score (nSPS) is 19.7. The molecule has 1 aliphatic heterocycles. The van der Waals surface area contributed by atoms with E-state index in [2.05, 4.69) is 5.32 Å². The van der Waals surface area contributed by atoms with Crippen LogP contribution in [0.3, 0.4) is 0 Å². The number of carbonyl (C=O) groups is 2. The number of alkyl halides is 6. The van der Waals surface area contributed by atoms with Gasteiger partial charge in [-0.2, -0.15) is 26.3 Å². The molecule has 2 aliphatic rings. The Bertz CT molecular complexity index is 1440. The summed E-state index contributed by atoms with van der Waals surface area (Å²) in [5.41, 5.74) is -7.15. The van der Waals surface area contributed by atoms with E-state index < -0.39 is 46.7 Å². The van der Waals surface area contributed by atoms with Gasteiger partial charge < -0.3 is 25.4 Å². The average Bonchev–Trinajstić information content (AvgIpc) is 3.26. The number of imide groups is 1. The number of benzene rings is 2. The molecule has 8 nitrogen and oxygen atoms in total. The zero-order valence-electron chi connectivity index (χ0n) is 26.2. The molecule has 1 unspecified atom stereocenters. The lowest BCUT2D eigenvalue weighted by atomic mass is 9.79. The third kappa shape index (κ3) is 6.84. The molecule has 47 heavy (non-hydrogen) atoms. The number of aryl methyl sites for hydroxylation is 1. The maximum atomic E-state index is 13.9. The van der Waals surface area contributed by atoms with Gasteiger partial charge in [-0.05, 0) is 85.4 Å². The van der Waals surface area contributed by atoms with E-state index in [4.69, 9.17) is 4.74 Å². The molecule has 2 aromatic carbocycles. The van der Waals surface area contributed by atoms with Gasteiger partial charge in [0.15, 0.2) is 11.5 Å². The van der Waals surface area contributed by atoms with Crippen LogP contribution in [0.5, 0.6) is 17.2 Å². The van der Waals surface area contributed by atoms with Crippen LogP contribution in [0.1, 0.15) is 99.8 Å². The Morgan fingerprint density at radius 2 is 1.60 bits per heavy atom. The van der Waals surface area contributed by atoms with Gasteiger partial charge in [-0.1, -0.05) is 45.6 Å². The molecule has 0 aromatic heterocycles. The lowest BCUT2D eigenvalue weighted by Gasteiger charge is -2.35. The van der Waals surface area contributed by atoms with Crippen molar-refractivity contribution >= 4 is 11.9 Å². The highest BCUT2D eigenvalue weighted by molar-refractivity contribution is 6.07. The number of hydrogen-bond acceptors (Lipinski definition) is 6. The number of amides is 3. The summed E-state index contributed by atoms with van der Waals surface area (Å²) >= 11 is 0. The molecule has 2 aromatic rings. The Labute approximate surface area is 268 Å². The zero-order valence-corrected chi connectivity index (χ0v) is 26.2. The fraction of sp³-hybridized carbons (Fsp3) is 0.576. The minimum atomic E-state index is -6.02.